The van der Waals surface area contributed by atoms with Gasteiger partial charge in [-0.25, -0.2) is 13.4 Å². The second-order valence-electron chi connectivity index (χ2n) is 7.56. The van der Waals surface area contributed by atoms with Crippen LogP contribution in [0, 0.1) is 6.92 Å². The van der Waals surface area contributed by atoms with E-state index in [-0.39, 0.29) is 23.9 Å². The standard InChI is InChI=1S/C22H25N3O3S2/c1-17-23-20-11-10-19(14-21(20)29-17)30(27,28)25(15-18-8-4-2-5-9-18)16-22(26)24-12-6-3-7-13-24/h2,4-5,8-11,14H,3,6-7,12-13,15-16H2,1H3. The van der Waals surface area contributed by atoms with Crippen molar-refractivity contribution in [1.82, 2.24) is 14.2 Å². The first-order valence-corrected chi connectivity index (χ1v) is 12.4. The van der Waals surface area contributed by atoms with Crippen molar-refractivity contribution in [3.8, 4) is 0 Å². The molecule has 2 heterocycles. The fraction of sp³-hybridized carbons (Fsp3) is 0.364. The van der Waals surface area contributed by atoms with E-state index in [2.05, 4.69) is 4.98 Å². The molecule has 1 aromatic heterocycles. The Kier molecular flexibility index (Phi) is 6.17. The molecule has 3 aromatic rings. The van der Waals surface area contributed by atoms with Crippen LogP contribution in [0.2, 0.25) is 0 Å². The molecule has 8 heteroatoms. The number of carbonyl (C=O) groups is 1. The van der Waals surface area contributed by atoms with Gasteiger partial charge in [0.15, 0.2) is 0 Å². The Hall–Kier alpha value is -2.29. The van der Waals surface area contributed by atoms with E-state index >= 15 is 0 Å². The third-order valence-corrected chi connectivity index (χ3v) is 8.05. The van der Waals surface area contributed by atoms with Crippen LogP contribution in [0.5, 0.6) is 0 Å². The number of hydrogen-bond acceptors (Lipinski definition) is 5. The Morgan fingerprint density at radius 2 is 1.83 bits per heavy atom. The van der Waals surface area contributed by atoms with E-state index in [1.807, 2.05) is 37.3 Å². The van der Waals surface area contributed by atoms with Crippen LogP contribution in [0.4, 0.5) is 0 Å². The molecular weight excluding hydrogens is 418 g/mol. The van der Waals surface area contributed by atoms with Gasteiger partial charge in [0.25, 0.3) is 0 Å². The first-order chi connectivity index (χ1) is 14.4. The summed E-state index contributed by atoms with van der Waals surface area (Å²) >= 11 is 1.47. The highest BCUT2D eigenvalue weighted by molar-refractivity contribution is 7.89. The molecule has 0 radical (unpaired) electrons. The van der Waals surface area contributed by atoms with E-state index in [1.165, 1.54) is 15.6 Å². The predicted molar refractivity (Wildman–Crippen MR) is 119 cm³/mol. The molecule has 1 saturated heterocycles. The van der Waals surface area contributed by atoms with Crippen molar-refractivity contribution < 1.29 is 13.2 Å². The average Bonchev–Trinajstić information content (AvgIpc) is 3.13. The van der Waals surface area contributed by atoms with Crippen LogP contribution in [0.25, 0.3) is 10.2 Å². The van der Waals surface area contributed by atoms with E-state index in [4.69, 9.17) is 0 Å². The Labute approximate surface area is 181 Å². The highest BCUT2D eigenvalue weighted by atomic mass is 32.2. The van der Waals surface area contributed by atoms with Gasteiger partial charge in [0.05, 0.1) is 26.7 Å². The average molecular weight is 444 g/mol. The third-order valence-electron chi connectivity index (χ3n) is 5.33. The number of benzene rings is 2. The SMILES string of the molecule is Cc1nc2ccc(S(=O)(=O)N(CC(=O)N3CCCCC3)Cc3ccccc3)cc2s1. The second kappa shape index (κ2) is 8.83. The molecule has 0 atom stereocenters. The number of likely N-dealkylation sites (tertiary alicyclic amines) is 1. The molecule has 0 saturated carbocycles. The van der Waals surface area contributed by atoms with Crippen LogP contribution in [0.3, 0.4) is 0 Å². The molecule has 0 bridgehead atoms. The molecule has 1 aliphatic rings. The third kappa shape index (κ3) is 4.55. The number of sulfonamides is 1. The number of hydrogen-bond donors (Lipinski definition) is 0. The Bertz CT molecular complexity index is 1140. The number of piperidine rings is 1. The van der Waals surface area contributed by atoms with Gasteiger partial charge in [0.1, 0.15) is 0 Å². The van der Waals surface area contributed by atoms with E-state index < -0.39 is 10.0 Å². The summed E-state index contributed by atoms with van der Waals surface area (Å²) in [6.07, 6.45) is 3.06. The summed E-state index contributed by atoms with van der Waals surface area (Å²) < 4.78 is 29.2. The normalized spacial score (nSPS) is 15.1. The van der Waals surface area contributed by atoms with E-state index in [0.29, 0.717) is 13.1 Å². The largest absolute Gasteiger partial charge is 0.342 e. The summed E-state index contributed by atoms with van der Waals surface area (Å²) in [6, 6.07) is 14.4. The van der Waals surface area contributed by atoms with Gasteiger partial charge in [-0.15, -0.1) is 11.3 Å². The number of thiazole rings is 1. The lowest BCUT2D eigenvalue weighted by molar-refractivity contribution is -0.132. The lowest BCUT2D eigenvalue weighted by Gasteiger charge is -2.29. The summed E-state index contributed by atoms with van der Waals surface area (Å²) in [7, 11) is -3.85. The summed E-state index contributed by atoms with van der Waals surface area (Å²) in [5, 5.41) is 0.890. The summed E-state index contributed by atoms with van der Waals surface area (Å²) in [5.74, 6) is -0.135. The van der Waals surface area contributed by atoms with Crippen LogP contribution >= 0.6 is 11.3 Å². The van der Waals surface area contributed by atoms with Crippen molar-refractivity contribution in [2.24, 2.45) is 0 Å². The van der Waals surface area contributed by atoms with Crippen molar-refractivity contribution in [2.75, 3.05) is 19.6 Å². The number of aromatic nitrogens is 1. The maximum Gasteiger partial charge on any atom is 0.243 e. The molecule has 30 heavy (non-hydrogen) atoms. The van der Waals surface area contributed by atoms with Gasteiger partial charge < -0.3 is 4.90 Å². The number of amides is 1. The molecule has 2 aromatic carbocycles. The van der Waals surface area contributed by atoms with Crippen molar-refractivity contribution in [3.63, 3.8) is 0 Å². The highest BCUT2D eigenvalue weighted by Gasteiger charge is 2.29. The van der Waals surface area contributed by atoms with Gasteiger partial charge in [-0.2, -0.15) is 4.31 Å². The molecular formula is C22H25N3O3S2. The van der Waals surface area contributed by atoms with Crippen molar-refractivity contribution in [2.45, 2.75) is 37.6 Å². The molecule has 6 nitrogen and oxygen atoms in total. The Morgan fingerprint density at radius 3 is 2.57 bits per heavy atom. The van der Waals surface area contributed by atoms with E-state index in [9.17, 15) is 13.2 Å². The number of aryl methyl sites for hydroxylation is 1. The molecule has 1 amide bonds. The Morgan fingerprint density at radius 1 is 1.10 bits per heavy atom. The topological polar surface area (TPSA) is 70.6 Å². The first kappa shape index (κ1) is 21.0. The summed E-state index contributed by atoms with van der Waals surface area (Å²) in [5.41, 5.74) is 1.64. The smallest absolute Gasteiger partial charge is 0.243 e. The fourth-order valence-electron chi connectivity index (χ4n) is 3.74. The molecule has 0 unspecified atom stereocenters. The lowest BCUT2D eigenvalue weighted by Crippen LogP contribution is -2.44. The molecule has 4 rings (SSSR count). The minimum atomic E-state index is -3.85. The number of carbonyl (C=O) groups excluding carboxylic acids is 1. The van der Waals surface area contributed by atoms with Gasteiger partial charge >= 0.3 is 0 Å². The summed E-state index contributed by atoms with van der Waals surface area (Å²) in [4.78, 5) is 19.3. The van der Waals surface area contributed by atoms with Gasteiger partial charge in [-0.3, -0.25) is 4.79 Å². The molecule has 158 valence electrons. The zero-order chi connectivity index (χ0) is 21.1. The minimum Gasteiger partial charge on any atom is -0.342 e. The van der Waals surface area contributed by atoms with Crippen molar-refractivity contribution in [1.29, 1.82) is 0 Å². The van der Waals surface area contributed by atoms with Crippen LogP contribution in [0.15, 0.2) is 53.4 Å². The summed E-state index contributed by atoms with van der Waals surface area (Å²) in [6.45, 7) is 3.30. The van der Waals surface area contributed by atoms with E-state index in [0.717, 1.165) is 40.1 Å². The van der Waals surface area contributed by atoms with Crippen LogP contribution in [-0.2, 0) is 21.4 Å². The van der Waals surface area contributed by atoms with Gasteiger partial charge in [-0.05, 0) is 49.9 Å². The quantitative estimate of drug-likeness (QED) is 0.581. The van der Waals surface area contributed by atoms with Gasteiger partial charge in [0.2, 0.25) is 15.9 Å². The molecule has 0 spiro atoms. The van der Waals surface area contributed by atoms with Crippen LogP contribution in [-0.4, -0.2) is 48.1 Å². The van der Waals surface area contributed by atoms with Gasteiger partial charge in [0, 0.05) is 19.6 Å². The first-order valence-electron chi connectivity index (χ1n) is 10.1. The minimum absolute atomic E-state index is 0.135. The number of rotatable bonds is 6. The maximum absolute atomic E-state index is 13.5. The molecule has 0 aliphatic carbocycles. The lowest BCUT2D eigenvalue weighted by atomic mass is 10.1. The van der Waals surface area contributed by atoms with Gasteiger partial charge in [-0.1, -0.05) is 30.3 Å². The zero-order valence-corrected chi connectivity index (χ0v) is 18.6. The zero-order valence-electron chi connectivity index (χ0n) is 17.0. The van der Waals surface area contributed by atoms with Crippen molar-refractivity contribution >= 4 is 37.5 Å². The van der Waals surface area contributed by atoms with Crippen molar-refractivity contribution in [3.05, 3.63) is 59.1 Å². The second-order valence-corrected chi connectivity index (χ2v) is 10.7. The maximum atomic E-state index is 13.5. The van der Waals surface area contributed by atoms with Crippen LogP contribution < -0.4 is 0 Å². The Balaban J connectivity index is 1.65. The monoisotopic (exact) mass is 443 g/mol. The number of fused-ring (bicyclic) bond motifs is 1. The van der Waals surface area contributed by atoms with E-state index in [1.54, 1.807) is 23.1 Å². The predicted octanol–water partition coefficient (Wildman–Crippen LogP) is 3.81. The molecule has 1 fully saturated rings. The molecule has 1 aliphatic heterocycles. The molecule has 0 N–H and O–H groups in total. The highest BCUT2D eigenvalue weighted by Crippen LogP contribution is 2.27. The number of nitrogens with zero attached hydrogens (tertiary/aromatic N) is 3. The van der Waals surface area contributed by atoms with Crippen LogP contribution in [0.1, 0.15) is 29.8 Å². The fourth-order valence-corrected chi connectivity index (χ4v) is 6.08.